The lowest BCUT2D eigenvalue weighted by Crippen LogP contribution is -2.49. The second-order valence-electron chi connectivity index (χ2n) is 7.39. The lowest BCUT2D eigenvalue weighted by Gasteiger charge is -2.38. The molecule has 6 heteroatoms. The van der Waals surface area contributed by atoms with E-state index in [0.29, 0.717) is 6.54 Å². The van der Waals surface area contributed by atoms with Crippen molar-refractivity contribution in [1.29, 1.82) is 0 Å². The number of carbonyl (C=O) groups excluding carboxylic acids is 1. The lowest BCUT2D eigenvalue weighted by atomic mass is 10.0. The Morgan fingerprint density at radius 1 is 1.11 bits per heavy atom. The number of hydrogen-bond acceptors (Lipinski definition) is 5. The molecular formula is C21H30N4OS. The van der Waals surface area contributed by atoms with Crippen LogP contribution in [0.15, 0.2) is 47.8 Å². The molecule has 2 aromatic rings. The van der Waals surface area contributed by atoms with Crippen LogP contribution in [0.1, 0.15) is 22.5 Å². The zero-order valence-electron chi connectivity index (χ0n) is 16.5. The molecule has 0 aliphatic carbocycles. The minimum Gasteiger partial charge on any atom is -0.352 e. The molecule has 1 aromatic carbocycles. The molecule has 0 spiro atoms. The third-order valence-corrected chi connectivity index (χ3v) is 6.17. The Hall–Kier alpha value is -1.73. The largest absolute Gasteiger partial charge is 0.352 e. The molecule has 146 valence electrons. The number of carbonyl (C=O) groups is 1. The monoisotopic (exact) mass is 386 g/mol. The fraction of sp³-hybridized carbons (Fsp3) is 0.476. The highest BCUT2D eigenvalue weighted by molar-refractivity contribution is 7.10. The Balaban J connectivity index is 1.69. The average molecular weight is 387 g/mol. The molecule has 2 atom stereocenters. The predicted molar refractivity (Wildman–Crippen MR) is 112 cm³/mol. The molecule has 1 aliphatic heterocycles. The van der Waals surface area contributed by atoms with Gasteiger partial charge < -0.3 is 10.2 Å². The van der Waals surface area contributed by atoms with E-state index >= 15 is 0 Å². The Kier molecular flexibility index (Phi) is 7.01. The molecule has 2 heterocycles. The van der Waals surface area contributed by atoms with Gasteiger partial charge in [-0.05, 0) is 38.2 Å². The van der Waals surface area contributed by atoms with Crippen LogP contribution in [0.25, 0.3) is 0 Å². The van der Waals surface area contributed by atoms with E-state index in [4.69, 9.17) is 0 Å². The summed E-state index contributed by atoms with van der Waals surface area (Å²) in [6.07, 6.45) is 0. The Morgan fingerprint density at radius 2 is 1.81 bits per heavy atom. The van der Waals surface area contributed by atoms with Crippen LogP contribution in [0.5, 0.6) is 0 Å². The van der Waals surface area contributed by atoms with Gasteiger partial charge in [-0.15, -0.1) is 11.3 Å². The number of benzene rings is 1. The maximum Gasteiger partial charge on any atom is 0.242 e. The van der Waals surface area contributed by atoms with Gasteiger partial charge in [0.2, 0.25) is 5.91 Å². The minimum atomic E-state index is -0.275. The van der Waals surface area contributed by atoms with Crippen molar-refractivity contribution < 1.29 is 4.79 Å². The molecule has 0 radical (unpaired) electrons. The highest BCUT2D eigenvalue weighted by Crippen LogP contribution is 2.26. The van der Waals surface area contributed by atoms with Gasteiger partial charge in [0.15, 0.2) is 0 Å². The average Bonchev–Trinajstić information content (AvgIpc) is 3.18. The molecule has 1 N–H and O–H groups in total. The number of nitrogens with zero attached hydrogens (tertiary/aromatic N) is 3. The molecule has 1 fully saturated rings. The van der Waals surface area contributed by atoms with Crippen molar-refractivity contribution in [3.63, 3.8) is 0 Å². The van der Waals surface area contributed by atoms with Crippen molar-refractivity contribution in [3.05, 3.63) is 58.3 Å². The van der Waals surface area contributed by atoms with Crippen molar-refractivity contribution in [1.82, 2.24) is 20.0 Å². The quantitative estimate of drug-likeness (QED) is 0.793. The summed E-state index contributed by atoms with van der Waals surface area (Å²) in [5, 5.41) is 5.35. The highest BCUT2D eigenvalue weighted by Gasteiger charge is 2.27. The molecular weight excluding hydrogens is 356 g/mol. The maximum absolute atomic E-state index is 13.0. The first-order valence-corrected chi connectivity index (χ1v) is 10.4. The van der Waals surface area contributed by atoms with Gasteiger partial charge in [-0.3, -0.25) is 14.6 Å². The number of hydrogen-bond donors (Lipinski definition) is 1. The summed E-state index contributed by atoms with van der Waals surface area (Å²) in [7, 11) is 6.07. The second-order valence-corrected chi connectivity index (χ2v) is 8.37. The third-order valence-electron chi connectivity index (χ3n) is 5.20. The van der Waals surface area contributed by atoms with Crippen molar-refractivity contribution in [2.75, 3.05) is 53.9 Å². The number of likely N-dealkylation sites (N-methyl/N-ethyl adjacent to an activating group) is 2. The summed E-state index contributed by atoms with van der Waals surface area (Å²) in [6.45, 7) is 4.84. The first-order valence-electron chi connectivity index (χ1n) is 9.51. The van der Waals surface area contributed by atoms with Crippen LogP contribution in [-0.4, -0.2) is 74.5 Å². The van der Waals surface area contributed by atoms with Gasteiger partial charge in [-0.1, -0.05) is 36.4 Å². The number of nitrogens with one attached hydrogen (secondary N) is 1. The van der Waals surface area contributed by atoms with E-state index in [9.17, 15) is 4.79 Å². The van der Waals surface area contributed by atoms with Crippen LogP contribution in [-0.2, 0) is 4.79 Å². The van der Waals surface area contributed by atoms with Gasteiger partial charge in [0.1, 0.15) is 6.04 Å². The van der Waals surface area contributed by atoms with Crippen LogP contribution >= 0.6 is 11.3 Å². The Morgan fingerprint density at radius 3 is 2.41 bits per heavy atom. The predicted octanol–water partition coefficient (Wildman–Crippen LogP) is 2.46. The smallest absolute Gasteiger partial charge is 0.242 e. The van der Waals surface area contributed by atoms with Gasteiger partial charge in [-0.2, -0.15) is 0 Å². The van der Waals surface area contributed by atoms with Crippen molar-refractivity contribution in [2.24, 2.45) is 0 Å². The van der Waals surface area contributed by atoms with Gasteiger partial charge in [0.25, 0.3) is 0 Å². The van der Waals surface area contributed by atoms with Crippen molar-refractivity contribution in [2.45, 2.75) is 12.1 Å². The zero-order valence-corrected chi connectivity index (χ0v) is 17.3. The fourth-order valence-electron chi connectivity index (χ4n) is 3.64. The number of piperazine rings is 1. The van der Waals surface area contributed by atoms with Gasteiger partial charge in [0, 0.05) is 37.6 Å². The summed E-state index contributed by atoms with van der Waals surface area (Å²) in [4.78, 5) is 21.2. The van der Waals surface area contributed by atoms with Crippen LogP contribution in [0.3, 0.4) is 0 Å². The standard InChI is InChI=1S/C21H30N4OS/c1-23(2)20(17-8-5-4-6-9-17)21(26)22-16-18(19-10-7-15-27-19)25-13-11-24(3)12-14-25/h4-10,15,18,20H,11-14,16H2,1-3H3,(H,22,26). The summed E-state index contributed by atoms with van der Waals surface area (Å²) < 4.78 is 0. The highest BCUT2D eigenvalue weighted by atomic mass is 32.1. The Bertz CT molecular complexity index is 696. The maximum atomic E-state index is 13.0. The molecule has 1 aliphatic rings. The van der Waals surface area contributed by atoms with E-state index in [1.165, 1.54) is 4.88 Å². The van der Waals surface area contributed by atoms with Crippen molar-refractivity contribution in [3.8, 4) is 0 Å². The van der Waals surface area contributed by atoms with E-state index in [2.05, 4.69) is 39.7 Å². The minimum absolute atomic E-state index is 0.0573. The first kappa shape index (κ1) is 20.0. The number of rotatable bonds is 7. The summed E-state index contributed by atoms with van der Waals surface area (Å²) in [6, 6.07) is 14.2. The van der Waals surface area contributed by atoms with E-state index in [-0.39, 0.29) is 18.0 Å². The number of thiophene rings is 1. The number of amides is 1. The van der Waals surface area contributed by atoms with Gasteiger partial charge in [-0.25, -0.2) is 0 Å². The Labute approximate surface area is 166 Å². The van der Waals surface area contributed by atoms with Crippen LogP contribution in [0.4, 0.5) is 0 Å². The van der Waals surface area contributed by atoms with Crippen LogP contribution in [0, 0.1) is 0 Å². The molecule has 1 amide bonds. The summed E-state index contributed by atoms with van der Waals surface area (Å²) in [5.41, 5.74) is 1.02. The SMILES string of the molecule is CN1CCN(C(CNC(=O)C(c2ccccc2)N(C)C)c2cccs2)CC1. The molecule has 1 aromatic heterocycles. The molecule has 5 nitrogen and oxygen atoms in total. The van der Waals surface area contributed by atoms with Crippen LogP contribution < -0.4 is 5.32 Å². The van der Waals surface area contributed by atoms with E-state index in [1.807, 2.05) is 49.3 Å². The summed E-state index contributed by atoms with van der Waals surface area (Å²) in [5.74, 6) is 0.0573. The second kappa shape index (κ2) is 9.46. The fourth-order valence-corrected chi connectivity index (χ4v) is 4.50. The first-order chi connectivity index (χ1) is 13.1. The molecule has 27 heavy (non-hydrogen) atoms. The zero-order chi connectivity index (χ0) is 19.2. The lowest BCUT2D eigenvalue weighted by molar-refractivity contribution is -0.126. The van der Waals surface area contributed by atoms with Crippen molar-refractivity contribution >= 4 is 17.2 Å². The normalized spacial score (nSPS) is 18.4. The molecule has 3 rings (SSSR count). The molecule has 1 saturated heterocycles. The van der Waals surface area contributed by atoms with E-state index in [0.717, 1.165) is 31.7 Å². The third kappa shape index (κ3) is 5.17. The van der Waals surface area contributed by atoms with Gasteiger partial charge in [0.05, 0.1) is 6.04 Å². The van der Waals surface area contributed by atoms with Crippen LogP contribution in [0.2, 0.25) is 0 Å². The summed E-state index contributed by atoms with van der Waals surface area (Å²) >= 11 is 1.77. The molecule has 2 unspecified atom stereocenters. The molecule has 0 saturated carbocycles. The van der Waals surface area contributed by atoms with E-state index in [1.54, 1.807) is 11.3 Å². The topological polar surface area (TPSA) is 38.8 Å². The van der Waals surface area contributed by atoms with Gasteiger partial charge >= 0.3 is 0 Å². The van der Waals surface area contributed by atoms with E-state index < -0.39 is 0 Å². The molecule has 0 bridgehead atoms.